The molecule has 26 heavy (non-hydrogen) atoms. The first-order valence-electron chi connectivity index (χ1n) is 9.55. The van der Waals surface area contributed by atoms with E-state index in [2.05, 4.69) is 19.2 Å². The van der Waals surface area contributed by atoms with Crippen LogP contribution in [0.5, 0.6) is 0 Å². The molecule has 1 aromatic carbocycles. The summed E-state index contributed by atoms with van der Waals surface area (Å²) < 4.78 is 13.1. The first-order chi connectivity index (χ1) is 12.5. The molecule has 1 saturated heterocycles. The lowest BCUT2D eigenvalue weighted by atomic mass is 10.0. The molecule has 1 N–H and O–H groups in total. The van der Waals surface area contributed by atoms with Crippen LogP contribution in [-0.2, 0) is 16.1 Å². The quantitative estimate of drug-likeness (QED) is 0.772. The third-order valence-corrected chi connectivity index (χ3v) is 5.15. The second-order valence-electron chi connectivity index (χ2n) is 6.76. The van der Waals surface area contributed by atoms with Crippen LogP contribution in [-0.4, -0.2) is 53.3 Å². The second kappa shape index (κ2) is 9.67. The van der Waals surface area contributed by atoms with Crippen LogP contribution in [0, 0.1) is 5.82 Å². The summed E-state index contributed by atoms with van der Waals surface area (Å²) in [7, 11) is 0. The highest BCUT2D eigenvalue weighted by molar-refractivity contribution is 5.89. The van der Waals surface area contributed by atoms with E-state index in [-0.39, 0.29) is 30.1 Å². The largest absolute Gasteiger partial charge is 0.353 e. The number of nitrogens with zero attached hydrogens (tertiary/aromatic N) is 2. The zero-order valence-electron chi connectivity index (χ0n) is 16.0. The molecular formula is C20H30FN3O2. The zero-order valence-corrected chi connectivity index (χ0v) is 16.0. The van der Waals surface area contributed by atoms with Gasteiger partial charge in [0.15, 0.2) is 0 Å². The van der Waals surface area contributed by atoms with Crippen LogP contribution in [0.3, 0.4) is 0 Å². The van der Waals surface area contributed by atoms with Crippen molar-refractivity contribution in [3.63, 3.8) is 0 Å². The Morgan fingerprint density at radius 2 is 1.92 bits per heavy atom. The van der Waals surface area contributed by atoms with E-state index in [9.17, 15) is 14.0 Å². The maximum absolute atomic E-state index is 13.1. The number of benzene rings is 1. The van der Waals surface area contributed by atoms with Crippen molar-refractivity contribution in [3.8, 4) is 0 Å². The van der Waals surface area contributed by atoms with Gasteiger partial charge in [0.2, 0.25) is 11.8 Å². The molecule has 1 aliphatic rings. The predicted molar refractivity (Wildman–Crippen MR) is 100.0 cm³/mol. The summed E-state index contributed by atoms with van der Waals surface area (Å²) in [4.78, 5) is 29.2. The van der Waals surface area contributed by atoms with Crippen molar-refractivity contribution in [1.82, 2.24) is 15.1 Å². The molecule has 0 aromatic heterocycles. The van der Waals surface area contributed by atoms with Crippen LogP contribution < -0.4 is 5.32 Å². The molecule has 0 saturated carbocycles. The Hall–Kier alpha value is -1.95. The van der Waals surface area contributed by atoms with Gasteiger partial charge in [0, 0.05) is 32.2 Å². The third kappa shape index (κ3) is 5.04. The summed E-state index contributed by atoms with van der Waals surface area (Å²) in [5.41, 5.74) is 0.936. The lowest BCUT2D eigenvalue weighted by Gasteiger charge is -2.37. The number of halogens is 1. The fourth-order valence-electron chi connectivity index (χ4n) is 3.65. The number of hydrogen-bond acceptors (Lipinski definition) is 3. The van der Waals surface area contributed by atoms with Gasteiger partial charge in [0.25, 0.3) is 0 Å². The summed E-state index contributed by atoms with van der Waals surface area (Å²) in [6.07, 6.45) is 2.00. The van der Waals surface area contributed by atoms with E-state index in [0.717, 1.165) is 18.4 Å². The van der Waals surface area contributed by atoms with Gasteiger partial charge in [-0.15, -0.1) is 0 Å². The summed E-state index contributed by atoms with van der Waals surface area (Å²) in [5, 5.41) is 2.87. The highest BCUT2D eigenvalue weighted by Crippen LogP contribution is 2.17. The molecule has 2 rings (SSSR count). The minimum atomic E-state index is -0.482. The number of amides is 2. The number of carbonyl (C=O) groups is 2. The highest BCUT2D eigenvalue weighted by atomic mass is 19.1. The molecular weight excluding hydrogens is 333 g/mol. The van der Waals surface area contributed by atoms with Gasteiger partial charge in [-0.2, -0.15) is 0 Å². The molecule has 5 nitrogen and oxygen atoms in total. The van der Waals surface area contributed by atoms with E-state index < -0.39 is 6.04 Å². The molecule has 1 atom stereocenters. The molecule has 1 aromatic rings. The topological polar surface area (TPSA) is 52.7 Å². The predicted octanol–water partition coefficient (Wildman–Crippen LogP) is 2.55. The average Bonchev–Trinajstić information content (AvgIpc) is 2.64. The summed E-state index contributed by atoms with van der Waals surface area (Å²) in [5.74, 6) is -0.361. The standard InChI is InChI=1S/C20H30FN3O2/c1-4-17(5-2)24(6-3)19(25)13-18-20(26)22-11-12-23(18)14-15-7-9-16(21)10-8-15/h7-10,17-18H,4-6,11-14H2,1-3H3,(H,22,26)/t18-/m0/s1. The Morgan fingerprint density at radius 1 is 1.27 bits per heavy atom. The van der Waals surface area contributed by atoms with Gasteiger partial charge >= 0.3 is 0 Å². The van der Waals surface area contributed by atoms with E-state index in [0.29, 0.717) is 26.2 Å². The van der Waals surface area contributed by atoms with Crippen LogP contribution in [0.1, 0.15) is 45.6 Å². The number of rotatable bonds is 8. The Morgan fingerprint density at radius 3 is 2.50 bits per heavy atom. The number of carbonyl (C=O) groups excluding carboxylic acids is 2. The van der Waals surface area contributed by atoms with Crippen LogP contribution in [0.2, 0.25) is 0 Å². The third-order valence-electron chi connectivity index (χ3n) is 5.15. The maximum atomic E-state index is 13.1. The molecule has 1 heterocycles. The summed E-state index contributed by atoms with van der Waals surface area (Å²) >= 11 is 0. The molecule has 6 heteroatoms. The normalized spacial score (nSPS) is 18.0. The Bertz CT molecular complexity index is 602. The summed E-state index contributed by atoms with van der Waals surface area (Å²) in [6.45, 7) is 8.57. The van der Waals surface area contributed by atoms with Crippen LogP contribution in [0.4, 0.5) is 4.39 Å². The molecule has 1 aliphatic heterocycles. The summed E-state index contributed by atoms with van der Waals surface area (Å²) in [6, 6.07) is 6.03. The molecule has 0 bridgehead atoms. The lowest BCUT2D eigenvalue weighted by Crippen LogP contribution is -2.56. The minimum absolute atomic E-state index is 0.0207. The van der Waals surface area contributed by atoms with Crippen LogP contribution >= 0.6 is 0 Å². The van der Waals surface area contributed by atoms with E-state index in [1.54, 1.807) is 12.1 Å². The number of hydrogen-bond donors (Lipinski definition) is 1. The molecule has 2 amide bonds. The van der Waals surface area contributed by atoms with E-state index in [4.69, 9.17) is 0 Å². The van der Waals surface area contributed by atoms with Gasteiger partial charge in [0.1, 0.15) is 5.82 Å². The van der Waals surface area contributed by atoms with E-state index >= 15 is 0 Å². The average molecular weight is 363 g/mol. The monoisotopic (exact) mass is 363 g/mol. The highest BCUT2D eigenvalue weighted by Gasteiger charge is 2.33. The smallest absolute Gasteiger partial charge is 0.237 e. The van der Waals surface area contributed by atoms with Crippen molar-refractivity contribution in [1.29, 1.82) is 0 Å². The van der Waals surface area contributed by atoms with Crippen molar-refractivity contribution in [2.75, 3.05) is 19.6 Å². The van der Waals surface area contributed by atoms with Gasteiger partial charge in [0.05, 0.1) is 12.5 Å². The maximum Gasteiger partial charge on any atom is 0.237 e. The van der Waals surface area contributed by atoms with Crippen molar-refractivity contribution >= 4 is 11.8 Å². The van der Waals surface area contributed by atoms with Gasteiger partial charge in [-0.05, 0) is 37.5 Å². The Labute approximate surface area is 155 Å². The Kier molecular flexibility index (Phi) is 7.57. The van der Waals surface area contributed by atoms with Crippen molar-refractivity contribution < 1.29 is 14.0 Å². The molecule has 144 valence electrons. The Balaban J connectivity index is 2.10. The molecule has 0 unspecified atom stereocenters. The molecule has 1 fully saturated rings. The van der Waals surface area contributed by atoms with Crippen LogP contribution in [0.15, 0.2) is 24.3 Å². The van der Waals surface area contributed by atoms with Crippen molar-refractivity contribution in [2.24, 2.45) is 0 Å². The lowest BCUT2D eigenvalue weighted by molar-refractivity contribution is -0.140. The van der Waals surface area contributed by atoms with Crippen molar-refractivity contribution in [3.05, 3.63) is 35.6 Å². The zero-order chi connectivity index (χ0) is 19.1. The number of nitrogens with one attached hydrogen (secondary N) is 1. The van der Waals surface area contributed by atoms with Crippen molar-refractivity contribution in [2.45, 2.75) is 58.7 Å². The first kappa shape index (κ1) is 20.4. The van der Waals surface area contributed by atoms with E-state index in [1.807, 2.05) is 16.7 Å². The second-order valence-corrected chi connectivity index (χ2v) is 6.76. The van der Waals surface area contributed by atoms with Gasteiger partial charge in [-0.25, -0.2) is 4.39 Å². The fraction of sp³-hybridized carbons (Fsp3) is 0.600. The first-order valence-corrected chi connectivity index (χ1v) is 9.55. The SMILES string of the molecule is CCC(CC)N(CC)C(=O)C[C@H]1C(=O)NCCN1Cc1ccc(F)cc1. The van der Waals surface area contributed by atoms with E-state index in [1.165, 1.54) is 12.1 Å². The molecule has 0 aliphatic carbocycles. The van der Waals surface area contributed by atoms with Gasteiger partial charge in [-0.1, -0.05) is 26.0 Å². The number of piperazine rings is 1. The van der Waals surface area contributed by atoms with Gasteiger partial charge in [-0.3, -0.25) is 14.5 Å². The molecule has 0 radical (unpaired) electrons. The van der Waals surface area contributed by atoms with Gasteiger partial charge < -0.3 is 10.2 Å². The molecule has 0 spiro atoms. The van der Waals surface area contributed by atoms with Crippen LogP contribution in [0.25, 0.3) is 0 Å². The minimum Gasteiger partial charge on any atom is -0.353 e. The fourth-order valence-corrected chi connectivity index (χ4v) is 3.65.